The quantitative estimate of drug-likeness (QED) is 0.0627. The number of rotatable bonds is 14. The number of likely N-dealkylation sites (N-methyl/N-ethyl adjacent to an activating group) is 1. The molecule has 0 radical (unpaired) electrons. The molecule has 1 spiro atoms. The minimum absolute atomic E-state index is 0.0186. The molecule has 2 aliphatic carbocycles. The van der Waals surface area contributed by atoms with Crippen molar-refractivity contribution in [2.75, 3.05) is 38.5 Å². The fourth-order valence-electron chi connectivity index (χ4n) is 11.9. The van der Waals surface area contributed by atoms with E-state index in [4.69, 9.17) is 9.97 Å². The molecule has 2 saturated carbocycles. The van der Waals surface area contributed by atoms with Gasteiger partial charge in [-0.05, 0) is 117 Å². The number of aryl methyl sites for hydroxylation is 1. The van der Waals surface area contributed by atoms with E-state index in [-0.39, 0.29) is 41.2 Å². The molecule has 3 aromatic heterocycles. The van der Waals surface area contributed by atoms with Crippen LogP contribution in [-0.2, 0) is 34.8 Å². The second-order valence-corrected chi connectivity index (χ2v) is 20.5. The molecule has 5 aliphatic rings. The second-order valence-electron chi connectivity index (χ2n) is 20.5. The Morgan fingerprint density at radius 1 is 0.926 bits per heavy atom. The molecule has 68 heavy (non-hydrogen) atoms. The van der Waals surface area contributed by atoms with Crippen LogP contribution < -0.4 is 16.2 Å². The molecule has 3 N–H and O–H groups in total. The molecule has 3 saturated heterocycles. The third kappa shape index (κ3) is 9.04. The predicted molar refractivity (Wildman–Crippen MR) is 258 cm³/mol. The highest BCUT2D eigenvalue weighted by Gasteiger charge is 2.52. The SMILES string of the molecule is CC(=O)c1c(C)c2cnc(Nc3ccc(C4CC5(C4)CN(Cc4ccc(CN6CCC(O)(c7ccc(C=O)c(CN(C)C8CCC(=O)NC8=O)c7)CC6)cc4)C5)cn3)nc2n(C2CCCC2)c1=O. The first-order valence-electron chi connectivity index (χ1n) is 24.3. The van der Waals surface area contributed by atoms with Crippen molar-refractivity contribution in [3.63, 3.8) is 0 Å². The Morgan fingerprint density at radius 2 is 1.63 bits per heavy atom. The normalized spacial score (nSPS) is 20.9. The van der Waals surface area contributed by atoms with Crippen molar-refractivity contribution in [3.8, 4) is 0 Å². The van der Waals surface area contributed by atoms with Crippen molar-refractivity contribution in [2.45, 2.75) is 121 Å². The highest BCUT2D eigenvalue weighted by atomic mass is 16.3. The van der Waals surface area contributed by atoms with E-state index in [1.54, 1.807) is 23.8 Å². The summed E-state index contributed by atoms with van der Waals surface area (Å²) in [6.07, 6.45) is 12.5. The summed E-state index contributed by atoms with van der Waals surface area (Å²) >= 11 is 0. The fraction of sp³-hybridized carbons (Fsp3) is 0.472. The summed E-state index contributed by atoms with van der Waals surface area (Å²) in [6, 6.07) is 18.2. The zero-order valence-electron chi connectivity index (χ0n) is 39.3. The standard InChI is InChI=1S/C53H61N9O6/c1-33-43-26-55-51(58-48(43)62(42-6-4-5-7-42)50(67)47(33)34(2)64)56-45-16-13-37(25-54-45)40-23-52(24-40)31-61(32-52)28-36-10-8-35(9-11-36)27-60-20-18-53(68,19-21-60)41-14-12-38(30-63)39(22-41)29-59(3)44-15-17-46(65)57-49(44)66/h8-14,16,22,25-26,30,40,42,44,68H,4-7,15,17-21,23-24,27-29,31-32H2,1-3H3,(H,57,65,66)(H,54,55,56,58). The number of carbonyl (C=O) groups excluding carboxylic acids is 4. The molecule has 2 aromatic carbocycles. The predicted octanol–water partition coefficient (Wildman–Crippen LogP) is 6.47. The lowest BCUT2D eigenvalue weighted by molar-refractivity contribution is -0.137. The number of nitrogens with zero attached hydrogens (tertiary/aromatic N) is 7. The van der Waals surface area contributed by atoms with Gasteiger partial charge in [-0.2, -0.15) is 4.98 Å². The molecule has 5 aromatic rings. The van der Waals surface area contributed by atoms with E-state index in [2.05, 4.69) is 55.7 Å². The van der Waals surface area contributed by atoms with Gasteiger partial charge in [-0.25, -0.2) is 9.97 Å². The van der Waals surface area contributed by atoms with Crippen LogP contribution in [0.15, 0.2) is 71.8 Å². The molecule has 15 nitrogen and oxygen atoms in total. The number of ketones is 1. The van der Waals surface area contributed by atoms with E-state index in [1.165, 1.54) is 23.6 Å². The van der Waals surface area contributed by atoms with Gasteiger partial charge in [0.05, 0.1) is 17.2 Å². The number of likely N-dealkylation sites (tertiary alicyclic amines) is 2. The van der Waals surface area contributed by atoms with Crippen molar-refractivity contribution < 1.29 is 24.3 Å². The van der Waals surface area contributed by atoms with E-state index < -0.39 is 11.6 Å². The van der Waals surface area contributed by atoms with Crippen LogP contribution >= 0.6 is 0 Å². The minimum Gasteiger partial charge on any atom is -0.385 e. The lowest BCUT2D eigenvalue weighted by Gasteiger charge is -2.59. The summed E-state index contributed by atoms with van der Waals surface area (Å²) in [5, 5.41) is 18.2. The van der Waals surface area contributed by atoms with Gasteiger partial charge in [0.2, 0.25) is 17.8 Å². The van der Waals surface area contributed by atoms with E-state index in [0.717, 1.165) is 101 Å². The van der Waals surface area contributed by atoms with E-state index in [0.29, 0.717) is 65.7 Å². The topological polar surface area (TPSA) is 183 Å². The molecule has 6 heterocycles. The number of aromatic nitrogens is 4. The Balaban J connectivity index is 0.681. The number of amides is 2. The summed E-state index contributed by atoms with van der Waals surface area (Å²) < 4.78 is 1.73. The van der Waals surface area contributed by atoms with Gasteiger partial charge in [-0.15, -0.1) is 0 Å². The second kappa shape index (κ2) is 18.5. The molecule has 354 valence electrons. The summed E-state index contributed by atoms with van der Waals surface area (Å²) in [5.74, 6) is 0.683. The molecule has 3 aliphatic heterocycles. The fourth-order valence-corrected chi connectivity index (χ4v) is 11.9. The van der Waals surface area contributed by atoms with E-state index in [1.807, 2.05) is 36.3 Å². The minimum atomic E-state index is -1.01. The molecule has 1 atom stereocenters. The lowest BCUT2D eigenvalue weighted by atomic mass is 9.56. The smallest absolute Gasteiger partial charge is 0.263 e. The number of hydrogen-bond acceptors (Lipinski definition) is 13. The molecule has 1 unspecified atom stereocenters. The van der Waals surface area contributed by atoms with Crippen molar-refractivity contribution in [3.05, 3.63) is 122 Å². The van der Waals surface area contributed by atoms with Gasteiger partial charge < -0.3 is 10.4 Å². The third-order valence-corrected chi connectivity index (χ3v) is 15.7. The summed E-state index contributed by atoms with van der Waals surface area (Å²) in [7, 11) is 1.82. The molecule has 10 rings (SSSR count). The first kappa shape index (κ1) is 45.8. The van der Waals surface area contributed by atoms with Crippen molar-refractivity contribution in [1.82, 2.24) is 39.5 Å². The Kier molecular flexibility index (Phi) is 12.4. The van der Waals surface area contributed by atoms with Crippen LogP contribution in [0.3, 0.4) is 0 Å². The first-order valence-corrected chi connectivity index (χ1v) is 24.3. The number of pyridine rings is 2. The third-order valence-electron chi connectivity index (χ3n) is 15.7. The monoisotopic (exact) mass is 919 g/mol. The summed E-state index contributed by atoms with van der Waals surface area (Å²) in [6.45, 7) is 9.03. The zero-order chi connectivity index (χ0) is 47.3. The number of piperidine rings is 2. The van der Waals surface area contributed by atoms with Gasteiger partial charge in [0.25, 0.3) is 5.56 Å². The van der Waals surface area contributed by atoms with Crippen LogP contribution in [0.2, 0.25) is 0 Å². The molecule has 15 heteroatoms. The van der Waals surface area contributed by atoms with Crippen LogP contribution in [-0.4, -0.2) is 102 Å². The number of anilines is 2. The van der Waals surface area contributed by atoms with Gasteiger partial charge in [0.15, 0.2) is 5.78 Å². The summed E-state index contributed by atoms with van der Waals surface area (Å²) in [5.41, 5.74) is 6.38. The number of imide groups is 1. The molecular weight excluding hydrogens is 859 g/mol. The average molecular weight is 920 g/mol. The number of Topliss-reactive ketones (excluding diaryl/α,β-unsaturated/α-hetero) is 1. The van der Waals surface area contributed by atoms with Crippen LogP contribution in [0, 0.1) is 12.3 Å². The maximum atomic E-state index is 13.6. The zero-order valence-corrected chi connectivity index (χ0v) is 39.3. The highest BCUT2D eigenvalue weighted by Crippen LogP contribution is 2.56. The number of carbonyl (C=O) groups is 4. The van der Waals surface area contributed by atoms with Gasteiger partial charge >= 0.3 is 0 Å². The number of nitrogens with one attached hydrogen (secondary N) is 2. The Labute approximate surface area is 396 Å². The molecule has 5 fully saturated rings. The van der Waals surface area contributed by atoms with Crippen molar-refractivity contribution in [2.24, 2.45) is 5.41 Å². The van der Waals surface area contributed by atoms with E-state index >= 15 is 0 Å². The van der Waals surface area contributed by atoms with Crippen LogP contribution in [0.1, 0.15) is 137 Å². The van der Waals surface area contributed by atoms with Crippen LogP contribution in [0.4, 0.5) is 11.8 Å². The molecule has 2 amide bonds. The van der Waals surface area contributed by atoms with Gasteiger partial charge in [-0.1, -0.05) is 61.4 Å². The molecular formula is C53H61N9O6. The van der Waals surface area contributed by atoms with Crippen LogP contribution in [0.5, 0.6) is 0 Å². The van der Waals surface area contributed by atoms with E-state index in [9.17, 15) is 29.1 Å². The number of aliphatic hydroxyl groups is 1. The lowest BCUT2D eigenvalue weighted by Crippen LogP contribution is -2.61. The average Bonchev–Trinajstić information content (AvgIpc) is 3.83. The largest absolute Gasteiger partial charge is 0.385 e. The number of aldehydes is 1. The van der Waals surface area contributed by atoms with Crippen molar-refractivity contribution in [1.29, 1.82) is 0 Å². The van der Waals surface area contributed by atoms with Crippen LogP contribution in [0.25, 0.3) is 11.0 Å². The maximum Gasteiger partial charge on any atom is 0.263 e. The van der Waals surface area contributed by atoms with Crippen molar-refractivity contribution >= 4 is 46.7 Å². The molecule has 0 bridgehead atoms. The maximum absolute atomic E-state index is 13.6. The summed E-state index contributed by atoms with van der Waals surface area (Å²) in [4.78, 5) is 83.1. The van der Waals surface area contributed by atoms with Gasteiger partial charge in [0, 0.05) is 81.6 Å². The number of fused-ring (bicyclic) bond motifs is 1. The number of hydrogen-bond donors (Lipinski definition) is 3. The Morgan fingerprint density at radius 3 is 2.28 bits per heavy atom. The van der Waals surface area contributed by atoms with Gasteiger partial charge in [-0.3, -0.25) is 48.6 Å². The first-order chi connectivity index (χ1) is 32.8. The number of benzene rings is 2. The highest BCUT2D eigenvalue weighted by molar-refractivity contribution is 6.00. The Bertz CT molecular complexity index is 2820. The Hall–Kier alpha value is -6.00. The van der Waals surface area contributed by atoms with Gasteiger partial charge in [0.1, 0.15) is 17.8 Å².